The molecule has 1 aromatic rings. The van der Waals surface area contributed by atoms with Crippen molar-refractivity contribution in [2.75, 3.05) is 0 Å². The third-order valence-corrected chi connectivity index (χ3v) is 6.57. The zero-order valence-electron chi connectivity index (χ0n) is 11.9. The van der Waals surface area contributed by atoms with Crippen LogP contribution in [0, 0.1) is 0 Å². The third kappa shape index (κ3) is 3.81. The molecule has 1 atom stereocenters. The SMILES string of the molecule is CCC(Cl)c1c(Br)cc(Br)cc1S(=O)(=O)C(F)(F)C(F)(F)C(F)(F)F. The number of hydrogen-bond donors (Lipinski definition) is 0. The maximum atomic E-state index is 13.8. The van der Waals surface area contributed by atoms with Crippen LogP contribution in [0.4, 0.5) is 30.7 Å². The molecular formula is C12H8Br2ClF7O2S. The van der Waals surface area contributed by atoms with Crippen LogP contribution in [-0.2, 0) is 9.84 Å². The van der Waals surface area contributed by atoms with E-state index in [0.29, 0.717) is 6.07 Å². The van der Waals surface area contributed by atoms with Crippen molar-refractivity contribution in [2.24, 2.45) is 0 Å². The molecule has 25 heavy (non-hydrogen) atoms. The van der Waals surface area contributed by atoms with Crippen LogP contribution < -0.4 is 0 Å². The summed E-state index contributed by atoms with van der Waals surface area (Å²) in [5, 5.41) is -7.68. The van der Waals surface area contributed by atoms with E-state index in [9.17, 15) is 39.2 Å². The Balaban J connectivity index is 3.81. The van der Waals surface area contributed by atoms with Gasteiger partial charge >= 0.3 is 17.4 Å². The molecule has 0 radical (unpaired) electrons. The van der Waals surface area contributed by atoms with E-state index < -0.39 is 43.0 Å². The van der Waals surface area contributed by atoms with Crippen molar-refractivity contribution >= 4 is 53.3 Å². The van der Waals surface area contributed by atoms with E-state index in [2.05, 4.69) is 31.9 Å². The number of benzene rings is 1. The lowest BCUT2D eigenvalue weighted by molar-refractivity contribution is -0.332. The molecule has 0 heterocycles. The molecule has 0 aromatic heterocycles. The fourth-order valence-corrected chi connectivity index (χ4v) is 5.53. The molecule has 0 aliphatic carbocycles. The van der Waals surface area contributed by atoms with Gasteiger partial charge in [-0.25, -0.2) is 8.42 Å². The average molecular weight is 545 g/mol. The molecule has 144 valence electrons. The summed E-state index contributed by atoms with van der Waals surface area (Å²) in [4.78, 5) is -1.43. The van der Waals surface area contributed by atoms with Gasteiger partial charge in [0.15, 0.2) is 0 Å². The Bertz CT molecular complexity index is 765. The topological polar surface area (TPSA) is 34.1 Å². The summed E-state index contributed by atoms with van der Waals surface area (Å²) >= 11 is 11.5. The van der Waals surface area contributed by atoms with Gasteiger partial charge in [-0.1, -0.05) is 38.8 Å². The molecule has 0 amide bonds. The van der Waals surface area contributed by atoms with Crippen molar-refractivity contribution in [3.63, 3.8) is 0 Å². The molecule has 0 fully saturated rings. The largest absolute Gasteiger partial charge is 0.461 e. The summed E-state index contributed by atoms with van der Waals surface area (Å²) in [5.74, 6) is -6.81. The minimum absolute atomic E-state index is 0.00839. The highest BCUT2D eigenvalue weighted by molar-refractivity contribution is 9.11. The van der Waals surface area contributed by atoms with Crippen LogP contribution in [-0.4, -0.2) is 25.8 Å². The van der Waals surface area contributed by atoms with Gasteiger partial charge in [0.2, 0.25) is 0 Å². The van der Waals surface area contributed by atoms with E-state index in [0.717, 1.165) is 0 Å². The number of hydrogen-bond acceptors (Lipinski definition) is 2. The highest BCUT2D eigenvalue weighted by Crippen LogP contribution is 2.52. The predicted molar refractivity (Wildman–Crippen MR) is 83.9 cm³/mol. The Labute approximate surface area is 159 Å². The van der Waals surface area contributed by atoms with Gasteiger partial charge in [0.1, 0.15) is 0 Å². The number of halogens is 10. The van der Waals surface area contributed by atoms with Gasteiger partial charge in [0.05, 0.1) is 10.3 Å². The lowest BCUT2D eigenvalue weighted by Gasteiger charge is -2.29. The summed E-state index contributed by atoms with van der Waals surface area (Å²) in [5.41, 5.74) is -0.537. The fraction of sp³-hybridized carbons (Fsp3) is 0.500. The molecule has 0 saturated carbocycles. The van der Waals surface area contributed by atoms with Gasteiger partial charge < -0.3 is 0 Å². The molecule has 0 aliphatic rings. The van der Waals surface area contributed by atoms with Gasteiger partial charge in [-0.3, -0.25) is 0 Å². The Hall–Kier alpha value is -0.0700. The normalized spacial score (nSPS) is 15.3. The van der Waals surface area contributed by atoms with E-state index >= 15 is 0 Å². The van der Waals surface area contributed by atoms with Gasteiger partial charge in [0.25, 0.3) is 9.84 Å². The Morgan fingerprint density at radius 3 is 1.96 bits per heavy atom. The molecule has 0 N–H and O–H groups in total. The van der Waals surface area contributed by atoms with Crippen LogP contribution in [0.25, 0.3) is 0 Å². The second kappa shape index (κ2) is 7.16. The number of sulfone groups is 1. The summed E-state index contributed by atoms with van der Waals surface area (Å²) in [7, 11) is -6.46. The maximum Gasteiger partial charge on any atom is 0.461 e. The Morgan fingerprint density at radius 1 is 1.08 bits per heavy atom. The van der Waals surface area contributed by atoms with Crippen LogP contribution in [0.15, 0.2) is 26.0 Å². The molecule has 13 heteroatoms. The molecular weight excluding hydrogens is 536 g/mol. The van der Waals surface area contributed by atoms with Crippen molar-refractivity contribution in [2.45, 2.75) is 41.0 Å². The number of alkyl halides is 8. The first-order chi connectivity index (χ1) is 11.0. The third-order valence-electron chi connectivity index (χ3n) is 3.08. The predicted octanol–water partition coefficient (Wildman–Crippen LogP) is 6.47. The van der Waals surface area contributed by atoms with Crippen molar-refractivity contribution in [1.82, 2.24) is 0 Å². The maximum absolute atomic E-state index is 13.8. The quantitative estimate of drug-likeness (QED) is 0.315. The smallest absolute Gasteiger partial charge is 0.217 e. The molecule has 1 unspecified atom stereocenters. The van der Waals surface area contributed by atoms with Gasteiger partial charge in [-0.05, 0) is 18.6 Å². The summed E-state index contributed by atoms with van der Waals surface area (Å²) in [6, 6.07) is 1.69. The minimum Gasteiger partial charge on any atom is -0.217 e. The summed E-state index contributed by atoms with van der Waals surface area (Å²) < 4.78 is 115. The minimum atomic E-state index is -6.81. The molecule has 2 nitrogen and oxygen atoms in total. The summed E-state index contributed by atoms with van der Waals surface area (Å²) in [6.07, 6.45) is -6.79. The van der Waals surface area contributed by atoms with Gasteiger partial charge in [-0.15, -0.1) is 11.6 Å². The van der Waals surface area contributed by atoms with Crippen LogP contribution in [0.2, 0.25) is 0 Å². The lowest BCUT2D eigenvalue weighted by atomic mass is 10.1. The van der Waals surface area contributed by atoms with Crippen molar-refractivity contribution in [3.05, 3.63) is 26.6 Å². The van der Waals surface area contributed by atoms with E-state index in [1.54, 1.807) is 0 Å². The van der Waals surface area contributed by atoms with Crippen LogP contribution in [0.1, 0.15) is 24.3 Å². The highest BCUT2D eigenvalue weighted by atomic mass is 79.9. The Kier molecular flexibility index (Phi) is 6.58. The number of rotatable bonds is 5. The molecule has 0 bridgehead atoms. The zero-order chi connectivity index (χ0) is 20.0. The zero-order valence-corrected chi connectivity index (χ0v) is 16.7. The average Bonchev–Trinajstić information content (AvgIpc) is 2.44. The van der Waals surface area contributed by atoms with Crippen molar-refractivity contribution in [3.8, 4) is 0 Å². The van der Waals surface area contributed by atoms with Crippen LogP contribution >= 0.6 is 43.5 Å². The molecule has 1 aromatic carbocycles. The van der Waals surface area contributed by atoms with Crippen LogP contribution in [0.3, 0.4) is 0 Å². The van der Waals surface area contributed by atoms with E-state index in [1.165, 1.54) is 13.0 Å². The summed E-state index contributed by atoms with van der Waals surface area (Å²) in [6.45, 7) is 1.44. The van der Waals surface area contributed by atoms with Crippen molar-refractivity contribution in [1.29, 1.82) is 0 Å². The van der Waals surface area contributed by atoms with E-state index in [-0.39, 0.29) is 15.4 Å². The second-order valence-electron chi connectivity index (χ2n) is 4.77. The lowest BCUT2D eigenvalue weighted by Crippen LogP contribution is -2.56. The van der Waals surface area contributed by atoms with Crippen molar-refractivity contribution < 1.29 is 39.2 Å². The molecule has 0 aliphatic heterocycles. The van der Waals surface area contributed by atoms with E-state index in [4.69, 9.17) is 11.6 Å². The first-order valence-corrected chi connectivity index (χ1v) is 9.72. The van der Waals surface area contributed by atoms with Gasteiger partial charge in [0, 0.05) is 14.5 Å². The molecule has 0 spiro atoms. The van der Waals surface area contributed by atoms with Crippen LogP contribution in [0.5, 0.6) is 0 Å². The first kappa shape index (κ1) is 23.0. The highest BCUT2D eigenvalue weighted by Gasteiger charge is 2.78. The molecule has 0 saturated heterocycles. The fourth-order valence-electron chi connectivity index (χ4n) is 1.76. The Morgan fingerprint density at radius 2 is 1.56 bits per heavy atom. The van der Waals surface area contributed by atoms with Gasteiger partial charge in [-0.2, -0.15) is 30.7 Å². The van der Waals surface area contributed by atoms with E-state index in [1.807, 2.05) is 0 Å². The molecule has 1 rings (SSSR count). The monoisotopic (exact) mass is 542 g/mol. The standard InChI is InChI=1S/C12H8Br2ClF7O2S/c1-2-7(15)9-6(14)3-5(13)4-8(9)25(23,24)12(21,22)10(16,17)11(18,19)20/h3-4,7H,2H2,1H3. The first-order valence-electron chi connectivity index (χ1n) is 6.22. The second-order valence-corrected chi connectivity index (χ2v) is 9.02.